The van der Waals surface area contributed by atoms with Crippen LogP contribution < -0.4 is 5.32 Å². The lowest BCUT2D eigenvalue weighted by molar-refractivity contribution is -0.149. The monoisotopic (exact) mass is 292 g/mol. The third-order valence-electron chi connectivity index (χ3n) is 3.30. The number of carbonyl (C=O) groups is 1. The van der Waals surface area contributed by atoms with Gasteiger partial charge in [0.2, 0.25) is 0 Å². The lowest BCUT2D eigenvalue weighted by Crippen LogP contribution is -2.50. The van der Waals surface area contributed by atoms with Crippen LogP contribution in [0.15, 0.2) is 35.4 Å². The molecule has 0 radical (unpaired) electrons. The maximum Gasteiger partial charge on any atom is 0.326 e. The van der Waals surface area contributed by atoms with Crippen molar-refractivity contribution in [2.45, 2.75) is 24.4 Å². The van der Waals surface area contributed by atoms with Crippen molar-refractivity contribution in [1.82, 2.24) is 10.3 Å². The SMILES string of the molecule is CCOC(=O)C(C)(CSc1cc2ccccc2[nH]1)NC. The van der Waals surface area contributed by atoms with Crippen molar-refractivity contribution in [2.24, 2.45) is 0 Å². The average molecular weight is 292 g/mol. The number of rotatable bonds is 6. The zero-order chi connectivity index (χ0) is 14.6. The van der Waals surface area contributed by atoms with E-state index in [0.29, 0.717) is 12.4 Å². The topological polar surface area (TPSA) is 54.1 Å². The van der Waals surface area contributed by atoms with E-state index in [1.165, 1.54) is 5.39 Å². The molecular formula is C15H20N2O2S. The highest BCUT2D eigenvalue weighted by Gasteiger charge is 2.33. The molecule has 5 heteroatoms. The fourth-order valence-electron chi connectivity index (χ4n) is 1.87. The van der Waals surface area contributed by atoms with Gasteiger partial charge in [0.25, 0.3) is 0 Å². The van der Waals surface area contributed by atoms with Gasteiger partial charge in [-0.1, -0.05) is 18.2 Å². The van der Waals surface area contributed by atoms with Crippen molar-refractivity contribution in [3.05, 3.63) is 30.3 Å². The maximum absolute atomic E-state index is 12.0. The Morgan fingerprint density at radius 2 is 2.20 bits per heavy atom. The van der Waals surface area contributed by atoms with Crippen LogP contribution in [-0.2, 0) is 9.53 Å². The summed E-state index contributed by atoms with van der Waals surface area (Å²) in [5, 5.41) is 5.29. The van der Waals surface area contributed by atoms with E-state index < -0.39 is 5.54 Å². The van der Waals surface area contributed by atoms with Gasteiger partial charge < -0.3 is 15.0 Å². The van der Waals surface area contributed by atoms with Crippen molar-refractivity contribution in [3.63, 3.8) is 0 Å². The van der Waals surface area contributed by atoms with Crippen molar-refractivity contribution < 1.29 is 9.53 Å². The molecule has 1 unspecified atom stereocenters. The summed E-state index contributed by atoms with van der Waals surface area (Å²) in [7, 11) is 1.78. The second-order valence-corrected chi connectivity index (χ2v) is 5.83. The lowest BCUT2D eigenvalue weighted by Gasteiger charge is -2.25. The minimum atomic E-state index is -0.683. The molecule has 0 aliphatic carbocycles. The Morgan fingerprint density at radius 3 is 2.85 bits per heavy atom. The zero-order valence-electron chi connectivity index (χ0n) is 12.0. The van der Waals surface area contributed by atoms with Crippen LogP contribution in [0.4, 0.5) is 0 Å². The number of nitrogens with one attached hydrogen (secondary N) is 2. The molecule has 0 fully saturated rings. The van der Waals surface area contributed by atoms with E-state index in [1.54, 1.807) is 18.8 Å². The van der Waals surface area contributed by atoms with Crippen molar-refractivity contribution in [1.29, 1.82) is 0 Å². The van der Waals surface area contributed by atoms with Gasteiger partial charge in [0.15, 0.2) is 0 Å². The number of hydrogen-bond donors (Lipinski definition) is 2. The molecule has 2 N–H and O–H groups in total. The normalized spacial score (nSPS) is 14.2. The van der Waals surface area contributed by atoms with Crippen molar-refractivity contribution >= 4 is 28.6 Å². The maximum atomic E-state index is 12.0. The van der Waals surface area contributed by atoms with Crippen LogP contribution in [0.2, 0.25) is 0 Å². The van der Waals surface area contributed by atoms with Crippen LogP contribution in [0.5, 0.6) is 0 Å². The van der Waals surface area contributed by atoms with E-state index in [1.807, 2.05) is 32.0 Å². The molecule has 0 bridgehead atoms. The summed E-state index contributed by atoms with van der Waals surface area (Å²) in [4.78, 5) is 15.3. The summed E-state index contributed by atoms with van der Waals surface area (Å²) in [6.45, 7) is 4.08. The first kappa shape index (κ1) is 14.9. The first-order valence-corrected chi connectivity index (χ1v) is 7.64. The second-order valence-electron chi connectivity index (χ2n) is 4.81. The van der Waals surface area contributed by atoms with Crippen molar-refractivity contribution in [3.8, 4) is 0 Å². The highest BCUT2D eigenvalue weighted by atomic mass is 32.2. The summed E-state index contributed by atoms with van der Waals surface area (Å²) < 4.78 is 5.12. The van der Waals surface area contributed by atoms with Gasteiger partial charge in [-0.3, -0.25) is 4.79 Å². The van der Waals surface area contributed by atoms with Gasteiger partial charge >= 0.3 is 5.97 Å². The van der Waals surface area contributed by atoms with E-state index in [0.717, 1.165) is 10.5 Å². The number of H-pyrrole nitrogens is 1. The molecule has 1 atom stereocenters. The number of aromatic amines is 1. The minimum Gasteiger partial charge on any atom is -0.465 e. The molecule has 0 aliphatic heterocycles. The molecule has 4 nitrogen and oxygen atoms in total. The van der Waals surface area contributed by atoms with Gasteiger partial charge in [-0.05, 0) is 33.0 Å². The summed E-state index contributed by atoms with van der Waals surface area (Å²) >= 11 is 1.61. The number of ether oxygens (including phenoxy) is 1. The molecule has 0 saturated carbocycles. The Bertz CT molecular complexity index is 563. The Kier molecular flexibility index (Phi) is 4.73. The highest BCUT2D eigenvalue weighted by Crippen LogP contribution is 2.26. The molecule has 1 heterocycles. The fraction of sp³-hybridized carbons (Fsp3) is 0.400. The van der Waals surface area contributed by atoms with Gasteiger partial charge in [-0.15, -0.1) is 11.8 Å². The first-order valence-electron chi connectivity index (χ1n) is 6.66. The molecule has 1 aromatic carbocycles. The standard InChI is InChI=1S/C15H20N2O2S/c1-4-19-14(18)15(2,16-3)10-20-13-9-11-7-5-6-8-12(11)17-13/h5-9,16-17H,4,10H2,1-3H3. The van der Waals surface area contributed by atoms with Crippen LogP contribution in [0.25, 0.3) is 10.9 Å². The molecule has 0 saturated heterocycles. The Morgan fingerprint density at radius 1 is 1.45 bits per heavy atom. The number of carbonyl (C=O) groups excluding carboxylic acids is 1. The quantitative estimate of drug-likeness (QED) is 0.635. The number of hydrogen-bond acceptors (Lipinski definition) is 4. The minimum absolute atomic E-state index is 0.217. The number of benzene rings is 1. The van der Waals surface area contributed by atoms with Gasteiger partial charge in [-0.2, -0.15) is 0 Å². The Labute approximate surface area is 123 Å². The Balaban J connectivity index is 2.07. The predicted molar refractivity (Wildman–Crippen MR) is 83.1 cm³/mol. The molecule has 1 aromatic heterocycles. The van der Waals surface area contributed by atoms with Gasteiger partial charge in [0.05, 0.1) is 11.6 Å². The van der Waals surface area contributed by atoms with E-state index in [4.69, 9.17) is 4.74 Å². The molecule has 0 aliphatic rings. The molecular weight excluding hydrogens is 272 g/mol. The molecule has 0 amide bonds. The van der Waals surface area contributed by atoms with Crippen LogP contribution in [0.1, 0.15) is 13.8 Å². The smallest absolute Gasteiger partial charge is 0.326 e. The lowest BCUT2D eigenvalue weighted by atomic mass is 10.1. The zero-order valence-corrected chi connectivity index (χ0v) is 12.8. The number of likely N-dealkylation sites (N-methyl/N-ethyl adjacent to an activating group) is 1. The highest BCUT2D eigenvalue weighted by molar-refractivity contribution is 7.99. The van der Waals surface area contributed by atoms with E-state index in [2.05, 4.69) is 22.4 Å². The third-order valence-corrected chi connectivity index (χ3v) is 4.55. The largest absolute Gasteiger partial charge is 0.465 e. The number of esters is 1. The van der Waals surface area contributed by atoms with Crippen molar-refractivity contribution in [2.75, 3.05) is 19.4 Å². The van der Waals surface area contributed by atoms with E-state index >= 15 is 0 Å². The number of para-hydroxylation sites is 1. The summed E-state index contributed by atoms with van der Waals surface area (Å²) in [6, 6.07) is 10.2. The molecule has 2 rings (SSSR count). The summed E-state index contributed by atoms with van der Waals surface area (Å²) in [5.74, 6) is 0.390. The van der Waals surface area contributed by atoms with E-state index in [9.17, 15) is 4.79 Å². The third kappa shape index (κ3) is 3.16. The van der Waals surface area contributed by atoms with Gasteiger partial charge in [-0.25, -0.2) is 0 Å². The number of aromatic nitrogens is 1. The first-order chi connectivity index (χ1) is 9.59. The predicted octanol–water partition coefficient (Wildman–Crippen LogP) is 2.80. The number of fused-ring (bicyclic) bond motifs is 1. The van der Waals surface area contributed by atoms with E-state index in [-0.39, 0.29) is 5.97 Å². The summed E-state index contributed by atoms with van der Waals surface area (Å²) in [6.07, 6.45) is 0. The van der Waals surface area contributed by atoms with Crippen LogP contribution >= 0.6 is 11.8 Å². The average Bonchev–Trinajstić information content (AvgIpc) is 2.88. The van der Waals surface area contributed by atoms with Crippen LogP contribution in [0, 0.1) is 0 Å². The second kappa shape index (κ2) is 6.33. The van der Waals surface area contributed by atoms with Crippen LogP contribution in [0.3, 0.4) is 0 Å². The van der Waals surface area contributed by atoms with Gasteiger partial charge in [0, 0.05) is 16.7 Å². The van der Waals surface area contributed by atoms with Crippen LogP contribution in [-0.4, -0.2) is 35.9 Å². The fourth-order valence-corrected chi connectivity index (χ4v) is 2.97. The summed E-state index contributed by atoms with van der Waals surface area (Å²) in [5.41, 5.74) is 0.426. The molecule has 20 heavy (non-hydrogen) atoms. The number of thioether (sulfide) groups is 1. The molecule has 2 aromatic rings. The molecule has 108 valence electrons. The molecule has 0 spiro atoms. The Hall–Kier alpha value is -1.46. The van der Waals surface area contributed by atoms with Gasteiger partial charge in [0.1, 0.15) is 5.54 Å².